The standard InChI is InChI=1S/C12H18ClN3O/c1-16(9-11-4-2-3-7-17-11)8-10-5-6-12(13)15-14-10/h5-6,11H,2-4,7-9H2,1H3. The summed E-state index contributed by atoms with van der Waals surface area (Å²) in [5.74, 6) is 0. The van der Waals surface area contributed by atoms with E-state index >= 15 is 0 Å². The fourth-order valence-corrected chi connectivity index (χ4v) is 2.17. The van der Waals surface area contributed by atoms with Crippen molar-refractivity contribution in [3.05, 3.63) is 23.0 Å². The molecule has 1 aliphatic heterocycles. The summed E-state index contributed by atoms with van der Waals surface area (Å²) < 4.78 is 5.71. The van der Waals surface area contributed by atoms with Crippen LogP contribution in [0.5, 0.6) is 0 Å². The van der Waals surface area contributed by atoms with Gasteiger partial charge >= 0.3 is 0 Å². The van der Waals surface area contributed by atoms with E-state index in [0.29, 0.717) is 11.3 Å². The van der Waals surface area contributed by atoms with E-state index in [2.05, 4.69) is 22.1 Å². The third-order valence-electron chi connectivity index (χ3n) is 2.91. The van der Waals surface area contributed by atoms with Gasteiger partial charge in [0.2, 0.25) is 0 Å². The van der Waals surface area contributed by atoms with Gasteiger partial charge in [0.15, 0.2) is 5.15 Å². The average molecular weight is 256 g/mol. The van der Waals surface area contributed by atoms with Crippen LogP contribution in [0.3, 0.4) is 0 Å². The third-order valence-corrected chi connectivity index (χ3v) is 3.11. The number of rotatable bonds is 4. The van der Waals surface area contributed by atoms with Gasteiger partial charge in [-0.1, -0.05) is 11.6 Å². The summed E-state index contributed by atoms with van der Waals surface area (Å²) in [7, 11) is 2.08. The highest BCUT2D eigenvalue weighted by molar-refractivity contribution is 6.29. The lowest BCUT2D eigenvalue weighted by Crippen LogP contribution is -2.33. The summed E-state index contributed by atoms with van der Waals surface area (Å²) in [5.41, 5.74) is 0.938. The van der Waals surface area contributed by atoms with Gasteiger partial charge in [-0.05, 0) is 38.4 Å². The molecule has 2 heterocycles. The van der Waals surface area contributed by atoms with Crippen LogP contribution < -0.4 is 0 Å². The Labute approximate surface area is 107 Å². The molecule has 5 heteroatoms. The van der Waals surface area contributed by atoms with E-state index in [1.807, 2.05) is 6.07 Å². The Hall–Kier alpha value is -0.710. The predicted octanol–water partition coefficient (Wildman–Crippen LogP) is 2.13. The van der Waals surface area contributed by atoms with E-state index in [4.69, 9.17) is 16.3 Å². The lowest BCUT2D eigenvalue weighted by atomic mass is 10.1. The van der Waals surface area contributed by atoms with Gasteiger partial charge < -0.3 is 4.74 Å². The van der Waals surface area contributed by atoms with Gasteiger partial charge in [0.05, 0.1) is 11.8 Å². The Balaban J connectivity index is 1.79. The fourth-order valence-electron chi connectivity index (χ4n) is 2.07. The number of ether oxygens (including phenoxy) is 1. The highest BCUT2D eigenvalue weighted by Gasteiger charge is 2.16. The molecule has 1 aliphatic rings. The van der Waals surface area contributed by atoms with Crippen LogP contribution in [0, 0.1) is 0 Å². The van der Waals surface area contributed by atoms with Crippen molar-refractivity contribution in [1.29, 1.82) is 0 Å². The van der Waals surface area contributed by atoms with Crippen molar-refractivity contribution in [3.8, 4) is 0 Å². The smallest absolute Gasteiger partial charge is 0.151 e. The normalized spacial score (nSPS) is 20.8. The zero-order valence-electron chi connectivity index (χ0n) is 10.1. The first-order valence-electron chi connectivity index (χ1n) is 6.02. The van der Waals surface area contributed by atoms with Crippen molar-refractivity contribution in [2.24, 2.45) is 0 Å². The van der Waals surface area contributed by atoms with Crippen molar-refractivity contribution in [2.75, 3.05) is 20.2 Å². The lowest BCUT2D eigenvalue weighted by Gasteiger charge is -2.27. The molecule has 0 aliphatic carbocycles. The van der Waals surface area contributed by atoms with Crippen molar-refractivity contribution in [3.63, 3.8) is 0 Å². The summed E-state index contributed by atoms with van der Waals surface area (Å²) in [6.45, 7) is 2.63. The first kappa shape index (κ1) is 12.7. The number of likely N-dealkylation sites (N-methyl/N-ethyl adjacent to an activating group) is 1. The molecule has 1 aromatic heterocycles. The minimum atomic E-state index is 0.369. The van der Waals surface area contributed by atoms with Crippen LogP contribution in [0.25, 0.3) is 0 Å². The quantitative estimate of drug-likeness (QED) is 0.826. The second-order valence-electron chi connectivity index (χ2n) is 4.53. The minimum absolute atomic E-state index is 0.369. The molecule has 0 aromatic carbocycles. The predicted molar refractivity (Wildman–Crippen MR) is 67.0 cm³/mol. The monoisotopic (exact) mass is 255 g/mol. The van der Waals surface area contributed by atoms with Gasteiger partial charge in [-0.25, -0.2) is 0 Å². The Morgan fingerprint density at radius 1 is 1.41 bits per heavy atom. The molecule has 0 N–H and O–H groups in total. The molecule has 0 bridgehead atoms. The van der Waals surface area contributed by atoms with Crippen LogP contribution in [0.4, 0.5) is 0 Å². The van der Waals surface area contributed by atoms with E-state index in [0.717, 1.165) is 31.8 Å². The molecule has 1 fully saturated rings. The van der Waals surface area contributed by atoms with Crippen LogP contribution in [0.1, 0.15) is 25.0 Å². The first-order valence-corrected chi connectivity index (χ1v) is 6.40. The number of hydrogen-bond donors (Lipinski definition) is 0. The fraction of sp³-hybridized carbons (Fsp3) is 0.667. The van der Waals surface area contributed by atoms with Gasteiger partial charge in [-0.15, -0.1) is 5.10 Å². The Morgan fingerprint density at radius 2 is 2.29 bits per heavy atom. The molecular weight excluding hydrogens is 238 g/mol. The summed E-state index contributed by atoms with van der Waals surface area (Å²) in [4.78, 5) is 2.22. The maximum atomic E-state index is 5.71. The van der Waals surface area contributed by atoms with Crippen molar-refractivity contribution in [2.45, 2.75) is 31.9 Å². The second kappa shape index (κ2) is 6.28. The van der Waals surface area contributed by atoms with Gasteiger partial charge in [-0.3, -0.25) is 4.90 Å². The van der Waals surface area contributed by atoms with E-state index in [-0.39, 0.29) is 0 Å². The molecule has 0 saturated carbocycles. The molecule has 2 rings (SSSR count). The lowest BCUT2D eigenvalue weighted by molar-refractivity contribution is -0.00277. The summed E-state index contributed by atoms with van der Waals surface area (Å²) in [6.07, 6.45) is 4.01. The molecule has 1 unspecified atom stereocenters. The number of hydrogen-bond acceptors (Lipinski definition) is 4. The highest BCUT2D eigenvalue weighted by atomic mass is 35.5. The Kier molecular flexibility index (Phi) is 4.71. The van der Waals surface area contributed by atoms with Crippen molar-refractivity contribution >= 4 is 11.6 Å². The molecule has 1 atom stereocenters. The molecule has 4 nitrogen and oxygen atoms in total. The van der Waals surface area contributed by atoms with E-state index in [1.54, 1.807) is 6.07 Å². The molecule has 0 amide bonds. The first-order chi connectivity index (χ1) is 8.24. The van der Waals surface area contributed by atoms with E-state index < -0.39 is 0 Å². The second-order valence-corrected chi connectivity index (χ2v) is 4.92. The summed E-state index contributed by atoms with van der Waals surface area (Å²) >= 11 is 5.70. The number of nitrogens with zero attached hydrogens (tertiary/aromatic N) is 3. The molecule has 17 heavy (non-hydrogen) atoms. The zero-order valence-corrected chi connectivity index (χ0v) is 10.9. The van der Waals surface area contributed by atoms with Crippen LogP contribution >= 0.6 is 11.6 Å². The zero-order chi connectivity index (χ0) is 12.1. The Morgan fingerprint density at radius 3 is 2.94 bits per heavy atom. The molecule has 0 radical (unpaired) electrons. The largest absolute Gasteiger partial charge is 0.377 e. The molecule has 0 spiro atoms. The number of halogens is 1. The van der Waals surface area contributed by atoms with Gasteiger partial charge in [0.1, 0.15) is 0 Å². The van der Waals surface area contributed by atoms with Crippen molar-refractivity contribution < 1.29 is 4.74 Å². The van der Waals surface area contributed by atoms with Crippen LogP contribution in [0.15, 0.2) is 12.1 Å². The van der Waals surface area contributed by atoms with Crippen LogP contribution in [-0.4, -0.2) is 41.4 Å². The van der Waals surface area contributed by atoms with Crippen LogP contribution in [-0.2, 0) is 11.3 Å². The van der Waals surface area contributed by atoms with E-state index in [9.17, 15) is 0 Å². The Bertz CT molecular complexity index is 338. The van der Waals surface area contributed by atoms with Crippen molar-refractivity contribution in [1.82, 2.24) is 15.1 Å². The average Bonchev–Trinajstić information content (AvgIpc) is 2.33. The maximum absolute atomic E-state index is 5.71. The van der Waals surface area contributed by atoms with Crippen LogP contribution in [0.2, 0.25) is 5.15 Å². The molecule has 1 saturated heterocycles. The molecule has 94 valence electrons. The van der Waals surface area contributed by atoms with E-state index in [1.165, 1.54) is 12.8 Å². The SMILES string of the molecule is CN(Cc1ccc(Cl)nn1)CC1CCCCO1. The third kappa shape index (κ3) is 4.22. The minimum Gasteiger partial charge on any atom is -0.377 e. The summed E-state index contributed by atoms with van der Waals surface area (Å²) in [6, 6.07) is 3.68. The number of aromatic nitrogens is 2. The van der Waals surface area contributed by atoms with Gasteiger partial charge in [0.25, 0.3) is 0 Å². The maximum Gasteiger partial charge on any atom is 0.151 e. The summed E-state index contributed by atoms with van der Waals surface area (Å²) in [5, 5.41) is 8.32. The highest BCUT2D eigenvalue weighted by Crippen LogP contribution is 2.14. The van der Waals surface area contributed by atoms with Gasteiger partial charge in [0, 0.05) is 19.7 Å². The topological polar surface area (TPSA) is 38.2 Å². The van der Waals surface area contributed by atoms with Gasteiger partial charge in [-0.2, -0.15) is 5.10 Å². The molecular formula is C12H18ClN3O. The molecule has 1 aromatic rings.